The zero-order chi connectivity index (χ0) is 26.7. The van der Waals surface area contributed by atoms with E-state index in [0.29, 0.717) is 25.2 Å². The van der Waals surface area contributed by atoms with E-state index in [1.807, 2.05) is 26.8 Å². The fourth-order valence-corrected chi connectivity index (χ4v) is 7.14. The van der Waals surface area contributed by atoms with E-state index in [1.54, 1.807) is 17.2 Å². The number of halogens is 1. The molecule has 1 saturated carbocycles. The quantitative estimate of drug-likeness (QED) is 0.427. The van der Waals surface area contributed by atoms with Crippen LogP contribution in [0.4, 0.5) is 10.1 Å². The minimum absolute atomic E-state index is 0. The Morgan fingerprint density at radius 1 is 1.05 bits per heavy atom. The summed E-state index contributed by atoms with van der Waals surface area (Å²) in [7, 11) is -3.57. The van der Waals surface area contributed by atoms with E-state index in [2.05, 4.69) is 0 Å². The second kappa shape index (κ2) is 12.7. The van der Waals surface area contributed by atoms with Gasteiger partial charge in [0, 0.05) is 44.1 Å². The summed E-state index contributed by atoms with van der Waals surface area (Å²) >= 11 is 0. The van der Waals surface area contributed by atoms with Gasteiger partial charge in [-0.2, -0.15) is 17.0 Å². The fourth-order valence-electron chi connectivity index (χ4n) is 5.56. The van der Waals surface area contributed by atoms with Gasteiger partial charge >= 0.3 is 0 Å². The molecule has 1 aromatic rings. The number of allylic oxidation sites excluding steroid dienone is 1. The molecule has 2 heterocycles. The molecular weight excluding hydrogens is 507 g/mol. The molecule has 0 bridgehead atoms. The van der Waals surface area contributed by atoms with Crippen molar-refractivity contribution < 1.29 is 22.4 Å². The third-order valence-corrected chi connectivity index (χ3v) is 9.58. The Bertz CT molecular complexity index is 1120. The zero-order valence-corrected chi connectivity index (χ0v) is 22.9. The van der Waals surface area contributed by atoms with E-state index in [0.717, 1.165) is 32.1 Å². The van der Waals surface area contributed by atoms with Crippen LogP contribution < -0.4 is 4.90 Å². The van der Waals surface area contributed by atoms with Crippen molar-refractivity contribution in [1.82, 2.24) is 13.5 Å². The Balaban J connectivity index is 0.00000400. The maximum atomic E-state index is 14.4. The van der Waals surface area contributed by atoms with Gasteiger partial charge in [0.2, 0.25) is 11.8 Å². The summed E-state index contributed by atoms with van der Waals surface area (Å²) in [5, 5.41) is 0. The van der Waals surface area contributed by atoms with Crippen LogP contribution in [0.1, 0.15) is 66.7 Å². The van der Waals surface area contributed by atoms with Crippen LogP contribution >= 0.6 is 0 Å². The normalized spacial score (nSPS) is 21.9. The molecule has 1 aliphatic carbocycles. The summed E-state index contributed by atoms with van der Waals surface area (Å²) in [5.41, 5.74) is 0.313. The third kappa shape index (κ3) is 6.46. The fraction of sp³-hybridized carbons (Fsp3) is 0.643. The van der Waals surface area contributed by atoms with Crippen LogP contribution in [0.15, 0.2) is 36.5 Å². The lowest BCUT2D eigenvalue weighted by atomic mass is 9.92. The van der Waals surface area contributed by atoms with Gasteiger partial charge in [-0.15, -0.1) is 0 Å². The Labute approximate surface area is 227 Å². The topological polar surface area (TPSA) is 81.0 Å². The molecule has 2 amide bonds. The van der Waals surface area contributed by atoms with E-state index in [-0.39, 0.29) is 44.3 Å². The number of carbonyl (C=O) groups is 2. The van der Waals surface area contributed by atoms with E-state index >= 15 is 0 Å². The summed E-state index contributed by atoms with van der Waals surface area (Å²) in [6.45, 7) is 6.96. The minimum Gasteiger partial charge on any atom is -0.315 e. The number of hydrogen-bond acceptors (Lipinski definition) is 4. The minimum atomic E-state index is -3.57. The summed E-state index contributed by atoms with van der Waals surface area (Å²) in [6.07, 6.45) is 9.05. The number of rotatable bonds is 9. The van der Waals surface area contributed by atoms with Crippen molar-refractivity contribution in [3.05, 3.63) is 42.4 Å². The number of carbonyl (C=O) groups excluding carboxylic acids is 2. The molecule has 0 radical (unpaired) electrons. The Hall–Kier alpha value is -2.30. The van der Waals surface area contributed by atoms with Crippen LogP contribution in [0.2, 0.25) is 0 Å². The highest BCUT2D eigenvalue weighted by molar-refractivity contribution is 7.87. The van der Waals surface area contributed by atoms with Gasteiger partial charge < -0.3 is 4.90 Å². The first-order valence-corrected chi connectivity index (χ1v) is 14.8. The van der Waals surface area contributed by atoms with Crippen LogP contribution in [0.3, 0.4) is 0 Å². The molecule has 0 unspecified atom stereocenters. The van der Waals surface area contributed by atoms with E-state index < -0.39 is 28.0 Å². The van der Waals surface area contributed by atoms with E-state index in [1.165, 1.54) is 31.7 Å². The van der Waals surface area contributed by atoms with Gasteiger partial charge in [-0.05, 0) is 50.3 Å². The van der Waals surface area contributed by atoms with Crippen molar-refractivity contribution in [2.24, 2.45) is 11.8 Å². The first kappa shape index (κ1) is 30.2. The standard InChI is InChI=1S/C27H39FN4O4S.CH4/c1-4-14-31(23-10-6-5-7-11-23)27(34)25(20(2)3)32(24-12-8-9-22(28)18-24)26(33)21-13-15-30(19-21)37(35,36)29-16-17-29;/h4,8-9,12,14,18,20-21,23,25H,5-7,10-11,13,15-17,19H2,1-3H3;1H4/t21-,25-;/m1./s1. The smallest absolute Gasteiger partial charge is 0.282 e. The van der Waals surface area contributed by atoms with Gasteiger partial charge in [0.05, 0.1) is 5.92 Å². The lowest BCUT2D eigenvalue weighted by molar-refractivity contribution is -0.136. The van der Waals surface area contributed by atoms with Gasteiger partial charge in [0.1, 0.15) is 11.9 Å². The van der Waals surface area contributed by atoms with Crippen molar-refractivity contribution in [3.63, 3.8) is 0 Å². The Morgan fingerprint density at radius 3 is 2.32 bits per heavy atom. The molecular formula is C28H43FN4O4S. The summed E-state index contributed by atoms with van der Waals surface area (Å²) < 4.78 is 42.6. The zero-order valence-electron chi connectivity index (χ0n) is 22.1. The molecule has 3 aliphatic rings. The number of anilines is 1. The van der Waals surface area contributed by atoms with Crippen molar-refractivity contribution in [2.75, 3.05) is 31.1 Å². The van der Waals surface area contributed by atoms with Crippen molar-refractivity contribution in [3.8, 4) is 0 Å². The molecule has 0 aromatic heterocycles. The molecule has 0 spiro atoms. The van der Waals surface area contributed by atoms with E-state index in [4.69, 9.17) is 0 Å². The first-order valence-electron chi connectivity index (χ1n) is 13.4. The average molecular weight is 551 g/mol. The molecule has 3 fully saturated rings. The lowest BCUT2D eigenvalue weighted by Gasteiger charge is -2.40. The highest BCUT2D eigenvalue weighted by atomic mass is 32.2. The van der Waals surface area contributed by atoms with Crippen LogP contribution in [-0.4, -0.2) is 72.0 Å². The van der Waals surface area contributed by atoms with Crippen LogP contribution in [0, 0.1) is 17.7 Å². The van der Waals surface area contributed by atoms with Crippen molar-refractivity contribution in [2.45, 2.75) is 78.8 Å². The Kier molecular flexibility index (Phi) is 10.1. The summed E-state index contributed by atoms with van der Waals surface area (Å²) in [4.78, 5) is 31.5. The number of amides is 2. The second-order valence-electron chi connectivity index (χ2n) is 10.6. The number of nitrogens with zero attached hydrogens (tertiary/aromatic N) is 4. The average Bonchev–Trinajstić information content (AvgIpc) is 3.62. The van der Waals surface area contributed by atoms with Crippen LogP contribution in [-0.2, 0) is 19.8 Å². The summed E-state index contributed by atoms with van der Waals surface area (Å²) in [5.74, 6) is -1.90. The van der Waals surface area contributed by atoms with Gasteiger partial charge in [-0.1, -0.05) is 52.7 Å². The number of benzene rings is 1. The van der Waals surface area contributed by atoms with Gasteiger partial charge in [-0.25, -0.2) is 4.39 Å². The Morgan fingerprint density at radius 2 is 1.74 bits per heavy atom. The summed E-state index contributed by atoms with van der Waals surface area (Å²) in [6, 6.07) is 4.96. The maximum absolute atomic E-state index is 14.4. The number of hydrogen-bond donors (Lipinski definition) is 0. The first-order chi connectivity index (χ1) is 17.6. The lowest BCUT2D eigenvalue weighted by Crippen LogP contribution is -2.56. The molecule has 10 heteroatoms. The highest BCUT2D eigenvalue weighted by Crippen LogP contribution is 2.32. The monoisotopic (exact) mass is 550 g/mol. The largest absolute Gasteiger partial charge is 0.315 e. The SMILES string of the molecule is C.CC=CN(C(=O)[C@@H](C(C)C)N(C(=O)[C@@H]1CCN(S(=O)(=O)N2CC2)C1)c1cccc(F)c1)C1CCCCC1. The molecule has 1 aromatic carbocycles. The molecule has 38 heavy (non-hydrogen) atoms. The third-order valence-electron chi connectivity index (χ3n) is 7.58. The molecule has 2 atom stereocenters. The van der Waals surface area contributed by atoms with Gasteiger partial charge in [0.15, 0.2) is 0 Å². The highest BCUT2D eigenvalue weighted by Gasteiger charge is 2.45. The second-order valence-corrected chi connectivity index (χ2v) is 12.6. The van der Waals surface area contributed by atoms with E-state index in [9.17, 15) is 22.4 Å². The molecule has 8 nitrogen and oxygen atoms in total. The maximum Gasteiger partial charge on any atom is 0.282 e. The predicted molar refractivity (Wildman–Crippen MR) is 148 cm³/mol. The molecule has 4 rings (SSSR count). The van der Waals surface area contributed by atoms with Crippen LogP contribution in [0.5, 0.6) is 0 Å². The van der Waals surface area contributed by atoms with Crippen molar-refractivity contribution in [1.29, 1.82) is 0 Å². The van der Waals surface area contributed by atoms with Gasteiger partial charge in [0.25, 0.3) is 10.2 Å². The molecule has 0 N–H and O–H groups in total. The van der Waals surface area contributed by atoms with Gasteiger partial charge in [-0.3, -0.25) is 14.5 Å². The molecule has 2 aliphatic heterocycles. The molecule has 2 saturated heterocycles. The van der Waals surface area contributed by atoms with Crippen molar-refractivity contribution >= 4 is 27.7 Å². The predicted octanol–water partition coefficient (Wildman–Crippen LogP) is 4.40. The molecule has 212 valence electrons. The van der Waals surface area contributed by atoms with Crippen LogP contribution in [0.25, 0.3) is 0 Å².